The molecule has 0 atom stereocenters. The van der Waals surface area contributed by atoms with Gasteiger partial charge in [0.1, 0.15) is 0 Å². The second kappa shape index (κ2) is 6.21. The van der Waals surface area contributed by atoms with Crippen molar-refractivity contribution in [3.63, 3.8) is 0 Å². The molecule has 4 nitrogen and oxygen atoms in total. The predicted molar refractivity (Wildman–Crippen MR) is 81.1 cm³/mol. The highest BCUT2D eigenvalue weighted by Gasteiger charge is 2.06. The molecule has 20 heavy (non-hydrogen) atoms. The van der Waals surface area contributed by atoms with Gasteiger partial charge in [-0.05, 0) is 42.0 Å². The second-order valence-corrected chi connectivity index (χ2v) is 4.75. The van der Waals surface area contributed by atoms with E-state index in [1.165, 1.54) is 0 Å². The van der Waals surface area contributed by atoms with Crippen LogP contribution in [0.5, 0.6) is 0 Å². The lowest BCUT2D eigenvalue weighted by Crippen LogP contribution is -2.13. The maximum absolute atomic E-state index is 12.1. The molecule has 2 aromatic rings. The highest BCUT2D eigenvalue weighted by atomic mass is 16.3. The molecule has 0 saturated heterocycles. The summed E-state index contributed by atoms with van der Waals surface area (Å²) in [7, 11) is 3.91. The number of hydrogen-bond acceptors (Lipinski definition) is 3. The predicted octanol–water partition coefficient (Wildman–Crippen LogP) is 2.50. The Labute approximate surface area is 118 Å². The molecular formula is C16H18N2O2. The van der Waals surface area contributed by atoms with Crippen molar-refractivity contribution in [3.8, 4) is 0 Å². The Morgan fingerprint density at radius 3 is 2.45 bits per heavy atom. The van der Waals surface area contributed by atoms with E-state index in [0.29, 0.717) is 11.3 Å². The number of nitrogens with one attached hydrogen (secondary N) is 1. The van der Waals surface area contributed by atoms with E-state index in [0.717, 1.165) is 11.3 Å². The van der Waals surface area contributed by atoms with Gasteiger partial charge in [0.15, 0.2) is 0 Å². The second-order valence-electron chi connectivity index (χ2n) is 4.75. The number of amides is 1. The summed E-state index contributed by atoms with van der Waals surface area (Å²) in [6.45, 7) is -0.0404. The summed E-state index contributed by atoms with van der Waals surface area (Å²) in [5.74, 6) is -0.162. The molecule has 0 aliphatic heterocycles. The van der Waals surface area contributed by atoms with Crippen LogP contribution in [0.2, 0.25) is 0 Å². The fourth-order valence-corrected chi connectivity index (χ4v) is 1.86. The van der Waals surface area contributed by atoms with Gasteiger partial charge < -0.3 is 15.3 Å². The van der Waals surface area contributed by atoms with Gasteiger partial charge in [0.25, 0.3) is 5.91 Å². The summed E-state index contributed by atoms with van der Waals surface area (Å²) in [5, 5.41) is 11.9. The lowest BCUT2D eigenvalue weighted by atomic mass is 10.1. The molecule has 0 aromatic heterocycles. The van der Waals surface area contributed by atoms with Gasteiger partial charge in [-0.3, -0.25) is 4.79 Å². The van der Waals surface area contributed by atoms with E-state index in [1.54, 1.807) is 30.3 Å². The zero-order valence-corrected chi connectivity index (χ0v) is 11.6. The molecule has 0 bridgehead atoms. The van der Waals surface area contributed by atoms with Crippen LogP contribution in [0.4, 0.5) is 11.4 Å². The third-order valence-corrected chi connectivity index (χ3v) is 3.01. The Morgan fingerprint density at radius 2 is 1.85 bits per heavy atom. The molecule has 2 aromatic carbocycles. The zero-order valence-electron chi connectivity index (χ0n) is 11.6. The molecule has 2 N–H and O–H groups in total. The van der Waals surface area contributed by atoms with E-state index in [4.69, 9.17) is 5.11 Å². The first kappa shape index (κ1) is 14.1. The molecule has 0 radical (unpaired) electrons. The van der Waals surface area contributed by atoms with Crippen molar-refractivity contribution in [2.24, 2.45) is 0 Å². The standard InChI is InChI=1S/C16H18N2O2/c1-18(2)15-8-6-13(7-9-15)16(20)17-14-5-3-4-12(10-14)11-19/h3-10,19H,11H2,1-2H3,(H,17,20). The van der Waals surface area contributed by atoms with Crippen LogP contribution in [0.1, 0.15) is 15.9 Å². The lowest BCUT2D eigenvalue weighted by Gasteiger charge is -2.12. The first-order valence-corrected chi connectivity index (χ1v) is 6.38. The summed E-state index contributed by atoms with van der Waals surface area (Å²) in [5.41, 5.74) is 3.10. The van der Waals surface area contributed by atoms with Gasteiger partial charge >= 0.3 is 0 Å². The minimum absolute atomic E-state index is 0.0404. The molecule has 0 aliphatic carbocycles. The monoisotopic (exact) mass is 270 g/mol. The van der Waals surface area contributed by atoms with Crippen LogP contribution in [0, 0.1) is 0 Å². The first-order chi connectivity index (χ1) is 9.60. The Hall–Kier alpha value is -2.33. The number of hydrogen-bond donors (Lipinski definition) is 2. The van der Waals surface area contributed by atoms with Crippen molar-refractivity contribution in [2.45, 2.75) is 6.61 Å². The first-order valence-electron chi connectivity index (χ1n) is 6.38. The van der Waals surface area contributed by atoms with Crippen molar-refractivity contribution in [2.75, 3.05) is 24.3 Å². The lowest BCUT2D eigenvalue weighted by molar-refractivity contribution is 0.102. The van der Waals surface area contributed by atoms with Gasteiger partial charge in [0.2, 0.25) is 0 Å². The SMILES string of the molecule is CN(C)c1ccc(C(=O)Nc2cccc(CO)c2)cc1. The Morgan fingerprint density at radius 1 is 1.15 bits per heavy atom. The number of benzene rings is 2. The Bertz CT molecular complexity index is 592. The van der Waals surface area contributed by atoms with Gasteiger partial charge in [-0.25, -0.2) is 0 Å². The maximum Gasteiger partial charge on any atom is 0.255 e. The van der Waals surface area contributed by atoms with Crippen LogP contribution in [-0.2, 0) is 6.61 Å². The molecule has 1 amide bonds. The van der Waals surface area contributed by atoms with Gasteiger partial charge in [0, 0.05) is 31.0 Å². The average molecular weight is 270 g/mol. The maximum atomic E-state index is 12.1. The van der Waals surface area contributed by atoms with Gasteiger partial charge in [-0.15, -0.1) is 0 Å². The molecular weight excluding hydrogens is 252 g/mol. The fraction of sp³-hybridized carbons (Fsp3) is 0.188. The van der Waals surface area contributed by atoms with Crippen LogP contribution in [0.15, 0.2) is 48.5 Å². The summed E-state index contributed by atoms with van der Waals surface area (Å²) >= 11 is 0. The minimum atomic E-state index is -0.162. The molecule has 0 fully saturated rings. The summed E-state index contributed by atoms with van der Waals surface area (Å²) < 4.78 is 0. The smallest absolute Gasteiger partial charge is 0.255 e. The fourth-order valence-electron chi connectivity index (χ4n) is 1.86. The summed E-state index contributed by atoms with van der Waals surface area (Å²) in [6.07, 6.45) is 0. The normalized spacial score (nSPS) is 10.2. The van der Waals surface area contributed by atoms with E-state index >= 15 is 0 Å². The van der Waals surface area contributed by atoms with Crippen molar-refractivity contribution in [1.29, 1.82) is 0 Å². The molecule has 104 valence electrons. The van der Waals surface area contributed by atoms with Crippen molar-refractivity contribution in [1.82, 2.24) is 0 Å². The number of aliphatic hydroxyl groups excluding tert-OH is 1. The average Bonchev–Trinajstić information content (AvgIpc) is 2.47. The van der Waals surface area contributed by atoms with E-state index in [-0.39, 0.29) is 12.5 Å². The van der Waals surface area contributed by atoms with Crippen molar-refractivity contribution >= 4 is 17.3 Å². The molecule has 0 heterocycles. The quantitative estimate of drug-likeness (QED) is 0.897. The minimum Gasteiger partial charge on any atom is -0.392 e. The number of carbonyl (C=O) groups excluding carboxylic acids is 1. The molecule has 0 aliphatic rings. The number of aliphatic hydroxyl groups is 1. The van der Waals surface area contributed by atoms with Crippen LogP contribution >= 0.6 is 0 Å². The van der Waals surface area contributed by atoms with E-state index < -0.39 is 0 Å². The zero-order chi connectivity index (χ0) is 14.5. The van der Waals surface area contributed by atoms with E-state index in [2.05, 4.69) is 5.32 Å². The number of carbonyl (C=O) groups is 1. The van der Waals surface area contributed by atoms with E-state index in [1.807, 2.05) is 37.2 Å². The van der Waals surface area contributed by atoms with Gasteiger partial charge in [-0.1, -0.05) is 12.1 Å². The van der Waals surface area contributed by atoms with Crippen molar-refractivity contribution < 1.29 is 9.90 Å². The molecule has 4 heteroatoms. The highest BCUT2D eigenvalue weighted by Crippen LogP contribution is 2.15. The molecule has 0 unspecified atom stereocenters. The Kier molecular flexibility index (Phi) is 4.38. The molecule has 2 rings (SSSR count). The summed E-state index contributed by atoms with van der Waals surface area (Å²) in [4.78, 5) is 14.1. The van der Waals surface area contributed by atoms with Gasteiger partial charge in [0.05, 0.1) is 6.61 Å². The van der Waals surface area contributed by atoms with Crippen LogP contribution < -0.4 is 10.2 Å². The van der Waals surface area contributed by atoms with Gasteiger partial charge in [-0.2, -0.15) is 0 Å². The molecule has 0 saturated carbocycles. The number of anilines is 2. The summed E-state index contributed by atoms with van der Waals surface area (Å²) in [6, 6.07) is 14.6. The topological polar surface area (TPSA) is 52.6 Å². The van der Waals surface area contributed by atoms with Crippen molar-refractivity contribution in [3.05, 3.63) is 59.7 Å². The third kappa shape index (κ3) is 3.36. The largest absolute Gasteiger partial charge is 0.392 e. The number of nitrogens with zero attached hydrogens (tertiary/aromatic N) is 1. The van der Waals surface area contributed by atoms with E-state index in [9.17, 15) is 4.79 Å². The Balaban J connectivity index is 2.11. The number of rotatable bonds is 4. The molecule has 0 spiro atoms. The van der Waals surface area contributed by atoms with Crippen LogP contribution in [0.3, 0.4) is 0 Å². The van der Waals surface area contributed by atoms with Crippen LogP contribution in [-0.4, -0.2) is 25.1 Å². The third-order valence-electron chi connectivity index (χ3n) is 3.01. The highest BCUT2D eigenvalue weighted by molar-refractivity contribution is 6.04. The van der Waals surface area contributed by atoms with Crippen LogP contribution in [0.25, 0.3) is 0 Å².